The van der Waals surface area contributed by atoms with Crippen molar-refractivity contribution in [3.63, 3.8) is 0 Å². The van der Waals surface area contributed by atoms with Crippen LogP contribution in [0.4, 0.5) is 17.2 Å². The number of ether oxygens (including phenoxy) is 1. The molecular formula is C23H23N5O3S. The second-order valence-corrected chi connectivity index (χ2v) is 9.04. The molecule has 0 aliphatic heterocycles. The van der Waals surface area contributed by atoms with Gasteiger partial charge in [-0.2, -0.15) is 5.10 Å². The molecule has 0 aliphatic rings. The molecule has 0 spiro atoms. The molecule has 0 fully saturated rings. The molecule has 2 aromatic carbocycles. The first-order chi connectivity index (χ1) is 15.3. The Morgan fingerprint density at radius 1 is 0.969 bits per heavy atom. The molecule has 8 nitrogen and oxygen atoms in total. The third-order valence-electron chi connectivity index (χ3n) is 4.65. The molecule has 9 heteroatoms. The summed E-state index contributed by atoms with van der Waals surface area (Å²) < 4.78 is 32.4. The van der Waals surface area contributed by atoms with Crippen molar-refractivity contribution in [1.29, 1.82) is 0 Å². The van der Waals surface area contributed by atoms with E-state index in [0.29, 0.717) is 11.5 Å². The topological polar surface area (TPSA) is 98.1 Å². The summed E-state index contributed by atoms with van der Waals surface area (Å²) >= 11 is 0. The quantitative estimate of drug-likeness (QED) is 0.435. The van der Waals surface area contributed by atoms with Crippen molar-refractivity contribution in [2.75, 3.05) is 23.4 Å². The fourth-order valence-corrected chi connectivity index (χ4v) is 3.85. The van der Waals surface area contributed by atoms with E-state index in [4.69, 9.17) is 4.74 Å². The van der Waals surface area contributed by atoms with Crippen molar-refractivity contribution in [2.45, 2.75) is 6.92 Å². The zero-order valence-electron chi connectivity index (χ0n) is 17.9. The third-order valence-corrected chi connectivity index (χ3v) is 5.25. The number of aromatic nitrogens is 3. The predicted molar refractivity (Wildman–Crippen MR) is 126 cm³/mol. The van der Waals surface area contributed by atoms with Gasteiger partial charge in [-0.1, -0.05) is 6.07 Å². The fraction of sp³-hybridized carbons (Fsp3) is 0.130. The van der Waals surface area contributed by atoms with Gasteiger partial charge < -0.3 is 10.1 Å². The van der Waals surface area contributed by atoms with Crippen LogP contribution in [0.1, 0.15) is 5.69 Å². The molecule has 0 saturated carbocycles. The van der Waals surface area contributed by atoms with E-state index in [9.17, 15) is 8.42 Å². The Bertz CT molecular complexity index is 1350. The lowest BCUT2D eigenvalue weighted by molar-refractivity contribution is 0.414. The van der Waals surface area contributed by atoms with Gasteiger partial charge in [0.2, 0.25) is 10.0 Å². The van der Waals surface area contributed by atoms with Crippen molar-refractivity contribution >= 4 is 27.2 Å². The first-order valence-corrected chi connectivity index (χ1v) is 11.7. The van der Waals surface area contributed by atoms with Crippen molar-refractivity contribution in [3.05, 3.63) is 78.6 Å². The summed E-state index contributed by atoms with van der Waals surface area (Å²) in [5.41, 5.74) is 4.94. The maximum Gasteiger partial charge on any atom is 0.229 e. The van der Waals surface area contributed by atoms with Gasteiger partial charge in [-0.15, -0.1) is 0 Å². The Labute approximate surface area is 186 Å². The van der Waals surface area contributed by atoms with Crippen LogP contribution in [0.3, 0.4) is 0 Å². The fourth-order valence-electron chi connectivity index (χ4n) is 3.29. The highest BCUT2D eigenvalue weighted by Gasteiger charge is 2.12. The van der Waals surface area contributed by atoms with Crippen molar-refractivity contribution in [1.82, 2.24) is 14.8 Å². The average Bonchev–Trinajstić information content (AvgIpc) is 3.16. The second kappa shape index (κ2) is 8.72. The number of nitrogens with one attached hydrogen (secondary N) is 2. The van der Waals surface area contributed by atoms with E-state index in [1.54, 1.807) is 37.6 Å². The molecule has 2 heterocycles. The molecule has 4 aromatic rings. The lowest BCUT2D eigenvalue weighted by Crippen LogP contribution is -2.09. The first-order valence-electron chi connectivity index (χ1n) is 9.83. The summed E-state index contributed by atoms with van der Waals surface area (Å²) in [6.07, 6.45) is 2.85. The van der Waals surface area contributed by atoms with E-state index in [1.807, 2.05) is 54.1 Å². The summed E-state index contributed by atoms with van der Waals surface area (Å²) in [5.74, 6) is 1.41. The largest absolute Gasteiger partial charge is 0.497 e. The Hall–Kier alpha value is -3.85. The normalized spacial score (nSPS) is 11.2. The molecule has 0 aliphatic carbocycles. The molecule has 0 unspecified atom stereocenters. The van der Waals surface area contributed by atoms with Crippen LogP contribution in [-0.4, -0.2) is 36.5 Å². The highest BCUT2D eigenvalue weighted by Crippen LogP contribution is 2.28. The van der Waals surface area contributed by atoms with Crippen LogP contribution in [0.15, 0.2) is 72.9 Å². The van der Waals surface area contributed by atoms with Gasteiger partial charge in [-0.3, -0.25) is 4.72 Å². The van der Waals surface area contributed by atoms with Crippen LogP contribution in [0.25, 0.3) is 16.9 Å². The molecule has 32 heavy (non-hydrogen) atoms. The SMILES string of the molecule is COc1cccc(-n2nc(C)cc2-c2ccnc(Nc3ccc(NS(C)(=O)=O)cc3)c2)c1. The molecule has 0 atom stereocenters. The Kier molecular flexibility index (Phi) is 5.83. The van der Waals surface area contributed by atoms with E-state index in [-0.39, 0.29) is 0 Å². The molecule has 2 N–H and O–H groups in total. The maximum atomic E-state index is 11.4. The van der Waals surface area contributed by atoms with Crippen LogP contribution in [-0.2, 0) is 10.0 Å². The van der Waals surface area contributed by atoms with Crippen LogP contribution in [0.5, 0.6) is 5.75 Å². The van der Waals surface area contributed by atoms with Crippen molar-refractivity contribution in [3.8, 4) is 22.7 Å². The lowest BCUT2D eigenvalue weighted by Gasteiger charge is -2.11. The van der Waals surface area contributed by atoms with E-state index in [1.165, 1.54) is 0 Å². The number of anilines is 3. The van der Waals surface area contributed by atoms with Gasteiger partial charge in [-0.05, 0) is 61.5 Å². The summed E-state index contributed by atoms with van der Waals surface area (Å²) in [6, 6.07) is 20.6. The monoisotopic (exact) mass is 449 g/mol. The first kappa shape index (κ1) is 21.4. The van der Waals surface area contributed by atoms with Crippen molar-refractivity contribution in [2.24, 2.45) is 0 Å². The van der Waals surface area contributed by atoms with Crippen LogP contribution >= 0.6 is 0 Å². The minimum atomic E-state index is -3.31. The third kappa shape index (κ3) is 5.06. The standard InChI is InChI=1S/C23H23N5O3S/c1-16-13-22(28(26-16)20-5-4-6-21(15-20)31-2)17-11-12-24-23(14-17)25-18-7-9-19(10-8-18)27-32(3,29)30/h4-15,27H,1-3H3,(H,24,25). The number of rotatable bonds is 7. The number of nitrogens with zero attached hydrogens (tertiary/aromatic N) is 3. The minimum Gasteiger partial charge on any atom is -0.497 e. The number of benzene rings is 2. The van der Waals surface area contributed by atoms with Gasteiger partial charge in [0.15, 0.2) is 0 Å². The number of sulfonamides is 1. The molecule has 0 saturated heterocycles. The van der Waals surface area contributed by atoms with Gasteiger partial charge in [0.25, 0.3) is 0 Å². The Morgan fingerprint density at radius 2 is 1.72 bits per heavy atom. The molecule has 0 radical (unpaired) electrons. The van der Waals surface area contributed by atoms with Gasteiger partial charge in [0.1, 0.15) is 11.6 Å². The van der Waals surface area contributed by atoms with E-state index in [2.05, 4.69) is 20.1 Å². The number of pyridine rings is 1. The average molecular weight is 450 g/mol. The zero-order valence-corrected chi connectivity index (χ0v) is 18.7. The molecule has 2 aromatic heterocycles. The number of aryl methyl sites for hydroxylation is 1. The molecule has 164 valence electrons. The molecule has 0 amide bonds. The molecule has 0 bridgehead atoms. The predicted octanol–water partition coefficient (Wildman–Crippen LogP) is 4.37. The van der Waals surface area contributed by atoms with Crippen molar-refractivity contribution < 1.29 is 13.2 Å². The van der Waals surface area contributed by atoms with E-state index in [0.717, 1.165) is 40.3 Å². The highest BCUT2D eigenvalue weighted by atomic mass is 32.2. The maximum absolute atomic E-state index is 11.4. The zero-order chi connectivity index (χ0) is 22.7. The highest BCUT2D eigenvalue weighted by molar-refractivity contribution is 7.92. The molecular weight excluding hydrogens is 426 g/mol. The van der Waals surface area contributed by atoms with Crippen LogP contribution in [0.2, 0.25) is 0 Å². The van der Waals surface area contributed by atoms with Gasteiger partial charge in [0.05, 0.1) is 30.4 Å². The smallest absolute Gasteiger partial charge is 0.229 e. The summed E-state index contributed by atoms with van der Waals surface area (Å²) in [7, 11) is -1.68. The van der Waals surface area contributed by atoms with Crippen LogP contribution in [0, 0.1) is 6.92 Å². The van der Waals surface area contributed by atoms with E-state index >= 15 is 0 Å². The summed E-state index contributed by atoms with van der Waals surface area (Å²) in [6.45, 7) is 1.95. The van der Waals surface area contributed by atoms with E-state index < -0.39 is 10.0 Å². The Balaban J connectivity index is 1.61. The number of methoxy groups -OCH3 is 1. The molecule has 4 rings (SSSR count). The number of hydrogen-bond acceptors (Lipinski definition) is 6. The van der Waals surface area contributed by atoms with Gasteiger partial charge in [0, 0.05) is 29.2 Å². The second-order valence-electron chi connectivity index (χ2n) is 7.29. The lowest BCUT2D eigenvalue weighted by atomic mass is 10.1. The minimum absolute atomic E-state index is 0.498. The summed E-state index contributed by atoms with van der Waals surface area (Å²) in [4.78, 5) is 4.41. The van der Waals surface area contributed by atoms with Gasteiger partial charge in [-0.25, -0.2) is 18.1 Å². The number of hydrogen-bond donors (Lipinski definition) is 2. The van der Waals surface area contributed by atoms with Gasteiger partial charge >= 0.3 is 0 Å². The summed E-state index contributed by atoms with van der Waals surface area (Å²) in [5, 5.41) is 7.90. The Morgan fingerprint density at radius 3 is 2.44 bits per heavy atom. The van der Waals surface area contributed by atoms with Crippen LogP contribution < -0.4 is 14.8 Å².